The maximum Gasteiger partial charge on any atom is 0.243 e. The number of aromatic nitrogens is 1. The van der Waals surface area contributed by atoms with Crippen LogP contribution in [0.15, 0.2) is 90.4 Å². The SMILES string of the molecule is NC(=O)C1(NC(=O)[C@H](Cc2ccccc2)NC(=O)[C@@H](Cc2c[nH]c3ccccc23)NC(=O)[C@@H](Cc2csc3ccccc23)NC(=O)C2CNC2)CCNCC1. The lowest BCUT2D eigenvalue weighted by Crippen LogP contribution is -2.65. The lowest BCUT2D eigenvalue weighted by atomic mass is 9.87. The summed E-state index contributed by atoms with van der Waals surface area (Å²) in [5.74, 6) is -2.82. The van der Waals surface area contributed by atoms with E-state index in [0.29, 0.717) is 39.0 Å². The van der Waals surface area contributed by atoms with E-state index >= 15 is 0 Å². The van der Waals surface area contributed by atoms with Crippen LogP contribution in [0, 0.1) is 5.92 Å². The predicted molar refractivity (Wildman–Crippen MR) is 212 cm³/mol. The fraction of sp³-hybridized carbons (Fsp3) is 0.341. The highest BCUT2D eigenvalue weighted by molar-refractivity contribution is 7.17. The number of carbonyl (C=O) groups excluding carboxylic acids is 5. The lowest BCUT2D eigenvalue weighted by Gasteiger charge is -2.36. The molecule has 2 aliphatic heterocycles. The van der Waals surface area contributed by atoms with Crippen LogP contribution in [0.2, 0.25) is 0 Å². The number of hydrogen-bond acceptors (Lipinski definition) is 8. The van der Waals surface area contributed by atoms with Crippen molar-refractivity contribution in [1.82, 2.24) is 36.9 Å². The highest BCUT2D eigenvalue weighted by atomic mass is 32.1. The Bertz CT molecular complexity index is 2170. The molecule has 14 heteroatoms. The van der Waals surface area contributed by atoms with E-state index in [-0.39, 0.29) is 31.1 Å². The summed E-state index contributed by atoms with van der Waals surface area (Å²) < 4.78 is 1.06. The minimum atomic E-state index is -1.27. The second-order valence-electron chi connectivity index (χ2n) is 14.4. The van der Waals surface area contributed by atoms with Gasteiger partial charge in [-0.2, -0.15) is 0 Å². The Labute approximate surface area is 322 Å². The molecule has 13 nitrogen and oxygen atoms in total. The number of nitrogens with one attached hydrogen (secondary N) is 7. The number of aromatic amines is 1. The van der Waals surface area contributed by atoms with Gasteiger partial charge in [0.1, 0.15) is 23.7 Å². The largest absolute Gasteiger partial charge is 0.368 e. The third kappa shape index (κ3) is 8.72. The zero-order valence-electron chi connectivity index (χ0n) is 30.4. The molecule has 5 amide bonds. The normalized spacial score (nSPS) is 17.0. The van der Waals surface area contributed by atoms with Crippen molar-refractivity contribution in [3.05, 3.63) is 107 Å². The number of fused-ring (bicyclic) bond motifs is 2. The van der Waals surface area contributed by atoms with Crippen LogP contribution in [-0.2, 0) is 43.2 Å². The van der Waals surface area contributed by atoms with Crippen molar-refractivity contribution in [2.24, 2.45) is 11.7 Å². The molecule has 4 heterocycles. The van der Waals surface area contributed by atoms with E-state index in [1.165, 1.54) is 0 Å². The molecule has 55 heavy (non-hydrogen) atoms. The zero-order valence-corrected chi connectivity index (χ0v) is 31.2. The van der Waals surface area contributed by atoms with Gasteiger partial charge in [0, 0.05) is 54.2 Å². The maximum absolute atomic E-state index is 14.5. The third-order valence-electron chi connectivity index (χ3n) is 10.7. The number of para-hydroxylation sites is 1. The van der Waals surface area contributed by atoms with Gasteiger partial charge in [-0.1, -0.05) is 66.7 Å². The molecule has 0 bridgehead atoms. The Morgan fingerprint density at radius 2 is 1.33 bits per heavy atom. The fourth-order valence-corrected chi connectivity index (χ4v) is 8.30. The molecular formula is C41H46N8O5S. The van der Waals surface area contributed by atoms with Crippen molar-refractivity contribution in [2.45, 2.75) is 55.8 Å². The van der Waals surface area contributed by atoms with E-state index in [9.17, 15) is 24.0 Å². The molecule has 2 saturated heterocycles. The molecule has 2 fully saturated rings. The first-order chi connectivity index (χ1) is 26.7. The Morgan fingerprint density at radius 3 is 2.02 bits per heavy atom. The van der Waals surface area contributed by atoms with Gasteiger partial charge in [-0.25, -0.2) is 0 Å². The van der Waals surface area contributed by atoms with Gasteiger partial charge >= 0.3 is 0 Å². The van der Waals surface area contributed by atoms with Crippen LogP contribution in [0.4, 0.5) is 0 Å². The minimum absolute atomic E-state index is 0.0900. The number of hydrogen-bond donors (Lipinski definition) is 8. The van der Waals surface area contributed by atoms with Crippen molar-refractivity contribution >= 4 is 61.9 Å². The summed E-state index contributed by atoms with van der Waals surface area (Å²) in [5, 5.41) is 21.9. The monoisotopic (exact) mass is 762 g/mol. The molecule has 7 rings (SSSR count). The Kier molecular flexibility index (Phi) is 11.6. The van der Waals surface area contributed by atoms with E-state index in [1.54, 1.807) is 17.5 Å². The average Bonchev–Trinajstić information content (AvgIpc) is 3.77. The molecule has 3 aromatic carbocycles. The number of thiophene rings is 1. The highest BCUT2D eigenvalue weighted by Gasteiger charge is 2.41. The van der Waals surface area contributed by atoms with Crippen LogP contribution in [-0.4, -0.2) is 84.4 Å². The second-order valence-corrected chi connectivity index (χ2v) is 15.4. The van der Waals surface area contributed by atoms with E-state index in [1.807, 2.05) is 84.2 Å². The number of benzene rings is 3. The minimum Gasteiger partial charge on any atom is -0.368 e. The smallest absolute Gasteiger partial charge is 0.243 e. The third-order valence-corrected chi connectivity index (χ3v) is 11.7. The van der Waals surface area contributed by atoms with Crippen molar-refractivity contribution < 1.29 is 24.0 Å². The van der Waals surface area contributed by atoms with Crippen LogP contribution in [0.1, 0.15) is 29.5 Å². The van der Waals surface area contributed by atoms with Gasteiger partial charge in [0.25, 0.3) is 0 Å². The number of rotatable bonds is 15. The summed E-state index contributed by atoms with van der Waals surface area (Å²) in [7, 11) is 0. The molecule has 2 aromatic heterocycles. The molecule has 0 radical (unpaired) electrons. The lowest BCUT2D eigenvalue weighted by molar-refractivity contribution is -0.136. The molecule has 0 aliphatic carbocycles. The van der Waals surface area contributed by atoms with Crippen molar-refractivity contribution in [1.29, 1.82) is 0 Å². The molecule has 0 unspecified atom stereocenters. The first-order valence-corrected chi connectivity index (χ1v) is 19.6. The molecule has 0 saturated carbocycles. The van der Waals surface area contributed by atoms with Gasteiger partial charge in [0.15, 0.2) is 0 Å². The standard InChI is InChI=1S/C41H46N8O5S/c42-40(54)41(14-16-43-17-15-41)49-39(53)32(18-25-8-2-1-3-9-25)47-37(51)33(19-26-23-45-31-12-6-4-10-29(26)31)48-38(52)34(46-36(50)28-21-44-22-28)20-27-24-55-35-13-7-5-11-30(27)35/h1-13,23-24,28,32-34,43-45H,14-22H2,(H2,42,54)(H,46,50)(H,47,51)(H,48,52)(H,49,53)/t32-,33+,34+/m0/s1. The molecule has 286 valence electrons. The van der Waals surface area contributed by atoms with Gasteiger partial charge in [0.2, 0.25) is 29.5 Å². The number of carbonyl (C=O) groups is 5. The van der Waals surface area contributed by atoms with Gasteiger partial charge in [0.05, 0.1) is 5.92 Å². The Hall–Kier alpha value is -5.57. The second kappa shape index (κ2) is 16.8. The van der Waals surface area contributed by atoms with Crippen LogP contribution in [0.25, 0.3) is 21.0 Å². The predicted octanol–water partition coefficient (Wildman–Crippen LogP) is 1.81. The Morgan fingerprint density at radius 1 is 0.709 bits per heavy atom. The summed E-state index contributed by atoms with van der Waals surface area (Å²) in [5.41, 5.74) is 7.93. The summed E-state index contributed by atoms with van der Waals surface area (Å²) in [4.78, 5) is 72.3. The van der Waals surface area contributed by atoms with E-state index in [0.717, 1.165) is 37.7 Å². The zero-order chi connectivity index (χ0) is 38.4. The molecule has 5 aromatic rings. The van der Waals surface area contributed by atoms with Gasteiger partial charge in [-0.3, -0.25) is 24.0 Å². The first-order valence-electron chi connectivity index (χ1n) is 18.7. The molecule has 9 N–H and O–H groups in total. The van der Waals surface area contributed by atoms with Gasteiger partial charge in [-0.05, 0) is 65.5 Å². The molecule has 2 aliphatic rings. The Balaban J connectivity index is 1.18. The van der Waals surface area contributed by atoms with Crippen molar-refractivity contribution in [2.75, 3.05) is 26.2 Å². The molecule has 3 atom stereocenters. The molecular weight excluding hydrogens is 717 g/mol. The summed E-state index contributed by atoms with van der Waals surface area (Å²) in [6, 6.07) is 21.6. The topological polar surface area (TPSA) is 199 Å². The maximum atomic E-state index is 14.5. The first kappa shape index (κ1) is 37.7. The highest BCUT2D eigenvalue weighted by Crippen LogP contribution is 2.27. The van der Waals surface area contributed by atoms with Crippen LogP contribution >= 0.6 is 11.3 Å². The average molecular weight is 763 g/mol. The van der Waals surface area contributed by atoms with Gasteiger partial charge < -0.3 is 42.6 Å². The molecule has 0 spiro atoms. The summed E-state index contributed by atoms with van der Waals surface area (Å²) in [6.07, 6.45) is 2.85. The van der Waals surface area contributed by atoms with Crippen LogP contribution in [0.5, 0.6) is 0 Å². The fourth-order valence-electron chi connectivity index (χ4n) is 7.33. The summed E-state index contributed by atoms with van der Waals surface area (Å²) in [6.45, 7) is 2.03. The number of amides is 5. The number of primary amides is 1. The van der Waals surface area contributed by atoms with Gasteiger partial charge in [-0.15, -0.1) is 11.3 Å². The summed E-state index contributed by atoms with van der Waals surface area (Å²) >= 11 is 1.56. The van der Waals surface area contributed by atoms with Crippen molar-refractivity contribution in [3.8, 4) is 0 Å². The number of piperidine rings is 1. The number of H-pyrrole nitrogens is 1. The van der Waals surface area contributed by atoms with Crippen LogP contribution < -0.4 is 37.6 Å². The quantitative estimate of drug-likeness (QED) is 0.0796. The van der Waals surface area contributed by atoms with E-state index in [4.69, 9.17) is 5.73 Å². The van der Waals surface area contributed by atoms with E-state index < -0.39 is 47.3 Å². The number of nitrogens with two attached hydrogens (primary N) is 1. The van der Waals surface area contributed by atoms with Crippen LogP contribution in [0.3, 0.4) is 0 Å². The van der Waals surface area contributed by atoms with E-state index in [2.05, 4.69) is 36.9 Å². The van der Waals surface area contributed by atoms with Crippen molar-refractivity contribution in [3.63, 3.8) is 0 Å².